The van der Waals surface area contributed by atoms with Crippen LogP contribution in [0.1, 0.15) is 29.8 Å². The maximum absolute atomic E-state index is 12.2. The summed E-state index contributed by atoms with van der Waals surface area (Å²) in [6.07, 6.45) is 0. The van der Waals surface area contributed by atoms with E-state index in [-0.39, 0.29) is 22.6 Å². The minimum absolute atomic E-state index is 0.0256. The number of para-hydroxylation sites is 1. The second kappa shape index (κ2) is 9.66. The maximum atomic E-state index is 12.2. The highest BCUT2D eigenvalue weighted by Gasteiger charge is 2.17. The molecule has 29 heavy (non-hydrogen) atoms. The number of amides is 1. The average molecular weight is 396 g/mol. The molecule has 0 aromatic heterocycles. The fourth-order valence-corrected chi connectivity index (χ4v) is 2.20. The first-order valence-electron chi connectivity index (χ1n) is 8.27. The molecule has 1 N–H and O–H groups in total. The molecule has 2 aromatic carbocycles. The predicted molar refractivity (Wildman–Crippen MR) is 99.1 cm³/mol. The van der Waals surface area contributed by atoms with Crippen LogP contribution in [0.2, 0.25) is 0 Å². The van der Waals surface area contributed by atoms with E-state index in [0.29, 0.717) is 5.69 Å². The monoisotopic (exact) mass is 396 g/mol. The molecule has 0 aliphatic rings. The molecule has 0 heterocycles. The number of benzene rings is 2. The number of nitrogens with one attached hydrogen (secondary N) is 1. The van der Waals surface area contributed by atoms with Crippen LogP contribution in [0, 0.1) is 11.3 Å². The van der Waals surface area contributed by atoms with Crippen LogP contribution in [0.25, 0.3) is 0 Å². The van der Waals surface area contributed by atoms with Gasteiger partial charge in [0.05, 0.1) is 16.8 Å². The van der Waals surface area contributed by atoms with Gasteiger partial charge in [-0.3, -0.25) is 14.4 Å². The van der Waals surface area contributed by atoms with Crippen LogP contribution in [-0.2, 0) is 19.1 Å². The molecule has 0 saturated heterocycles. The zero-order valence-electron chi connectivity index (χ0n) is 15.6. The summed E-state index contributed by atoms with van der Waals surface area (Å²) in [6, 6.07) is 12.0. The largest absolute Gasteiger partial charge is 0.452 e. The molecule has 0 atom stereocenters. The van der Waals surface area contributed by atoms with Crippen molar-refractivity contribution >= 4 is 29.5 Å². The number of hydrogen-bond acceptors (Lipinski definition) is 8. The molecule has 0 spiro atoms. The van der Waals surface area contributed by atoms with Gasteiger partial charge < -0.3 is 19.5 Å². The van der Waals surface area contributed by atoms with E-state index in [0.717, 1.165) is 13.0 Å². The van der Waals surface area contributed by atoms with Crippen molar-refractivity contribution in [2.45, 2.75) is 13.8 Å². The van der Waals surface area contributed by atoms with Gasteiger partial charge in [-0.1, -0.05) is 12.1 Å². The Hall–Kier alpha value is -4.19. The van der Waals surface area contributed by atoms with Gasteiger partial charge in [-0.05, 0) is 30.3 Å². The maximum Gasteiger partial charge on any atom is 0.338 e. The number of esters is 3. The molecule has 0 aliphatic carbocycles. The minimum Gasteiger partial charge on any atom is -0.452 e. The van der Waals surface area contributed by atoms with Gasteiger partial charge in [0.1, 0.15) is 6.07 Å². The van der Waals surface area contributed by atoms with Crippen molar-refractivity contribution in [2.24, 2.45) is 0 Å². The number of ether oxygens (including phenoxy) is 3. The summed E-state index contributed by atoms with van der Waals surface area (Å²) in [5, 5.41) is 11.5. The zero-order valence-corrected chi connectivity index (χ0v) is 15.6. The molecule has 148 valence electrons. The highest BCUT2D eigenvalue weighted by atomic mass is 16.6. The standard InChI is InChI=1S/C20H16N2O7/c1-12(23)28-17-8-7-14(9-18(17)29-13(2)24)20(26)27-11-19(25)22-16-6-4-3-5-15(16)10-21/h3-9H,11H2,1-2H3,(H,22,25). The molecule has 9 nitrogen and oxygen atoms in total. The lowest BCUT2D eigenvalue weighted by Gasteiger charge is -2.11. The van der Waals surface area contributed by atoms with E-state index in [1.807, 2.05) is 6.07 Å². The highest BCUT2D eigenvalue weighted by molar-refractivity contribution is 5.96. The van der Waals surface area contributed by atoms with Gasteiger partial charge in [-0.25, -0.2) is 4.79 Å². The highest BCUT2D eigenvalue weighted by Crippen LogP contribution is 2.29. The Balaban J connectivity index is 2.06. The molecule has 2 aromatic rings. The lowest BCUT2D eigenvalue weighted by Crippen LogP contribution is -2.21. The van der Waals surface area contributed by atoms with Gasteiger partial charge in [-0.2, -0.15) is 5.26 Å². The molecule has 1 amide bonds. The topological polar surface area (TPSA) is 132 Å². The van der Waals surface area contributed by atoms with Crippen molar-refractivity contribution in [3.63, 3.8) is 0 Å². The Bertz CT molecular complexity index is 1010. The Morgan fingerprint density at radius 2 is 1.62 bits per heavy atom. The third kappa shape index (κ3) is 6.18. The molecule has 2 rings (SSSR count). The number of nitriles is 1. The molecule has 0 aliphatic heterocycles. The van der Waals surface area contributed by atoms with Crippen molar-refractivity contribution in [3.05, 3.63) is 53.6 Å². The number of hydrogen-bond donors (Lipinski definition) is 1. The number of anilines is 1. The van der Waals surface area contributed by atoms with Crippen LogP contribution in [0.4, 0.5) is 5.69 Å². The summed E-state index contributed by atoms with van der Waals surface area (Å²) in [7, 11) is 0. The summed E-state index contributed by atoms with van der Waals surface area (Å²) in [5.41, 5.74) is 0.528. The van der Waals surface area contributed by atoms with E-state index < -0.39 is 30.4 Å². The van der Waals surface area contributed by atoms with Crippen LogP contribution in [0.3, 0.4) is 0 Å². The van der Waals surface area contributed by atoms with Crippen LogP contribution < -0.4 is 14.8 Å². The third-order valence-electron chi connectivity index (χ3n) is 3.34. The Morgan fingerprint density at radius 3 is 2.28 bits per heavy atom. The number of carbonyl (C=O) groups excluding carboxylic acids is 4. The minimum atomic E-state index is -0.864. The van der Waals surface area contributed by atoms with Crippen molar-refractivity contribution in [1.82, 2.24) is 0 Å². The SMILES string of the molecule is CC(=O)Oc1ccc(C(=O)OCC(=O)Nc2ccccc2C#N)cc1OC(C)=O. The lowest BCUT2D eigenvalue weighted by molar-refractivity contribution is -0.134. The van der Waals surface area contributed by atoms with Crippen LogP contribution in [0.15, 0.2) is 42.5 Å². The van der Waals surface area contributed by atoms with E-state index in [4.69, 9.17) is 19.5 Å². The summed E-state index contributed by atoms with van der Waals surface area (Å²) in [5.74, 6) is -3.01. The van der Waals surface area contributed by atoms with Crippen LogP contribution >= 0.6 is 0 Å². The van der Waals surface area contributed by atoms with Gasteiger partial charge >= 0.3 is 17.9 Å². The third-order valence-corrected chi connectivity index (χ3v) is 3.34. The molecule has 0 saturated carbocycles. The van der Waals surface area contributed by atoms with E-state index in [2.05, 4.69) is 5.32 Å². The first-order valence-corrected chi connectivity index (χ1v) is 8.27. The first-order chi connectivity index (χ1) is 13.8. The van der Waals surface area contributed by atoms with Gasteiger partial charge in [0.25, 0.3) is 5.91 Å². The van der Waals surface area contributed by atoms with Crippen molar-refractivity contribution in [3.8, 4) is 17.6 Å². The van der Waals surface area contributed by atoms with Crippen molar-refractivity contribution in [2.75, 3.05) is 11.9 Å². The van der Waals surface area contributed by atoms with E-state index in [1.54, 1.807) is 12.1 Å². The molecule has 0 radical (unpaired) electrons. The molecular weight excluding hydrogens is 380 g/mol. The summed E-state index contributed by atoms with van der Waals surface area (Å²) >= 11 is 0. The number of nitrogens with zero attached hydrogens (tertiary/aromatic N) is 1. The fourth-order valence-electron chi connectivity index (χ4n) is 2.20. The Labute approximate surface area is 165 Å². The number of rotatable bonds is 6. The Kier molecular flexibility index (Phi) is 7.03. The Morgan fingerprint density at radius 1 is 0.966 bits per heavy atom. The second-order valence-electron chi connectivity index (χ2n) is 5.63. The molecule has 9 heteroatoms. The number of carbonyl (C=O) groups is 4. The van der Waals surface area contributed by atoms with Crippen molar-refractivity contribution in [1.29, 1.82) is 5.26 Å². The van der Waals surface area contributed by atoms with Gasteiger partial charge in [0.2, 0.25) is 0 Å². The molecule has 0 bridgehead atoms. The lowest BCUT2D eigenvalue weighted by atomic mass is 10.2. The molecular formula is C20H16N2O7. The van der Waals surface area contributed by atoms with Crippen LogP contribution in [0.5, 0.6) is 11.5 Å². The van der Waals surface area contributed by atoms with Crippen molar-refractivity contribution < 1.29 is 33.4 Å². The fraction of sp³-hybridized carbons (Fsp3) is 0.150. The second-order valence-corrected chi connectivity index (χ2v) is 5.63. The van der Waals surface area contributed by atoms with E-state index >= 15 is 0 Å². The van der Waals surface area contributed by atoms with Gasteiger partial charge in [0.15, 0.2) is 18.1 Å². The summed E-state index contributed by atoms with van der Waals surface area (Å²) in [6.45, 7) is 1.71. The van der Waals surface area contributed by atoms with E-state index in [9.17, 15) is 19.2 Å². The quantitative estimate of drug-likeness (QED) is 0.581. The normalized spacial score (nSPS) is 9.69. The van der Waals surface area contributed by atoms with Crippen LogP contribution in [-0.4, -0.2) is 30.4 Å². The first kappa shape index (κ1) is 21.1. The zero-order chi connectivity index (χ0) is 21.4. The average Bonchev–Trinajstić information content (AvgIpc) is 2.67. The van der Waals surface area contributed by atoms with Gasteiger partial charge in [0, 0.05) is 13.8 Å². The summed E-state index contributed by atoms with van der Waals surface area (Å²) < 4.78 is 14.8. The molecule has 0 fully saturated rings. The smallest absolute Gasteiger partial charge is 0.338 e. The predicted octanol–water partition coefficient (Wildman–Crippen LogP) is 2.20. The van der Waals surface area contributed by atoms with E-state index in [1.165, 1.54) is 31.2 Å². The summed E-state index contributed by atoms with van der Waals surface area (Å²) in [4.78, 5) is 46.5. The van der Waals surface area contributed by atoms with Gasteiger partial charge in [-0.15, -0.1) is 0 Å². The molecule has 0 unspecified atom stereocenters.